The Morgan fingerprint density at radius 2 is 1.91 bits per heavy atom. The highest BCUT2D eigenvalue weighted by Crippen LogP contribution is 2.32. The lowest BCUT2D eigenvalue weighted by Gasteiger charge is -2.33. The van der Waals surface area contributed by atoms with Crippen LogP contribution in [0.5, 0.6) is 0 Å². The number of carbonyl (C=O) groups is 2. The summed E-state index contributed by atoms with van der Waals surface area (Å²) in [5.74, 6) is 0.0541. The molecule has 3 N–H and O–H groups in total. The van der Waals surface area contributed by atoms with Gasteiger partial charge in [-0.05, 0) is 59.6 Å². The summed E-state index contributed by atoms with van der Waals surface area (Å²) in [5.41, 5.74) is 1.78. The van der Waals surface area contributed by atoms with Crippen LogP contribution in [0.15, 0.2) is 29.1 Å². The molecular formula is C24H32N6O4. The van der Waals surface area contributed by atoms with Gasteiger partial charge in [0.2, 0.25) is 0 Å². The maximum atomic E-state index is 12.6. The van der Waals surface area contributed by atoms with Gasteiger partial charge < -0.3 is 25.3 Å². The Kier molecular flexibility index (Phi) is 6.24. The van der Waals surface area contributed by atoms with E-state index in [-0.39, 0.29) is 29.6 Å². The molecule has 1 aliphatic heterocycles. The average molecular weight is 469 g/mol. The number of anilines is 1. The molecule has 1 aromatic carbocycles. The summed E-state index contributed by atoms with van der Waals surface area (Å²) in [6, 6.07) is 6.69. The highest BCUT2D eigenvalue weighted by molar-refractivity contribution is 6.07. The van der Waals surface area contributed by atoms with Gasteiger partial charge in [-0.15, -0.1) is 0 Å². The molecule has 1 fully saturated rings. The van der Waals surface area contributed by atoms with Gasteiger partial charge in [0.05, 0.1) is 22.3 Å². The van der Waals surface area contributed by atoms with Gasteiger partial charge in [-0.1, -0.05) is 6.07 Å². The van der Waals surface area contributed by atoms with Gasteiger partial charge >= 0.3 is 12.1 Å². The zero-order chi connectivity index (χ0) is 24.6. The van der Waals surface area contributed by atoms with Crippen molar-refractivity contribution in [3.05, 3.63) is 40.3 Å². The average Bonchev–Trinajstić information content (AvgIpc) is 3.11. The molecule has 3 amide bonds. The molecule has 182 valence electrons. The van der Waals surface area contributed by atoms with E-state index in [1.165, 1.54) is 0 Å². The summed E-state index contributed by atoms with van der Waals surface area (Å²) in [5, 5.41) is 11.1. The molecule has 0 spiro atoms. The Balaban J connectivity index is 1.64. The van der Waals surface area contributed by atoms with Crippen molar-refractivity contribution in [3.63, 3.8) is 0 Å². The van der Waals surface area contributed by atoms with E-state index >= 15 is 0 Å². The van der Waals surface area contributed by atoms with E-state index in [0.29, 0.717) is 48.2 Å². The van der Waals surface area contributed by atoms with Crippen LogP contribution < -0.4 is 16.2 Å². The van der Waals surface area contributed by atoms with Crippen molar-refractivity contribution < 1.29 is 14.3 Å². The van der Waals surface area contributed by atoms with Crippen LogP contribution in [0.25, 0.3) is 16.6 Å². The van der Waals surface area contributed by atoms with E-state index in [0.717, 1.165) is 5.69 Å². The lowest BCUT2D eigenvalue weighted by molar-refractivity contribution is 0.0203. The van der Waals surface area contributed by atoms with Crippen molar-refractivity contribution in [1.29, 1.82) is 0 Å². The molecule has 3 aromatic rings. The second kappa shape index (κ2) is 9.00. The third-order valence-corrected chi connectivity index (χ3v) is 5.70. The fourth-order valence-electron chi connectivity index (χ4n) is 4.29. The number of likely N-dealkylation sites (tertiary alicyclic amines) is 1. The normalized spacial score (nSPS) is 15.2. The minimum atomic E-state index is -0.542. The van der Waals surface area contributed by atoms with E-state index in [4.69, 9.17) is 9.84 Å². The molecule has 2 aromatic heterocycles. The number of urea groups is 1. The molecule has 1 saturated heterocycles. The minimum absolute atomic E-state index is 0.0129. The van der Waals surface area contributed by atoms with Crippen LogP contribution in [0.4, 0.5) is 15.3 Å². The number of aromatic amines is 1. The number of carbonyl (C=O) groups excluding carboxylic acids is 2. The predicted octanol–water partition coefficient (Wildman–Crippen LogP) is 3.82. The van der Waals surface area contributed by atoms with Crippen LogP contribution in [0, 0.1) is 0 Å². The van der Waals surface area contributed by atoms with Gasteiger partial charge in [0, 0.05) is 31.1 Å². The Hall–Kier alpha value is -3.56. The highest BCUT2D eigenvalue weighted by atomic mass is 16.6. The SMILES string of the molecule is CC(C)NC(=O)Nc1cccc2nn3c(C4CCN(C(=O)OC(C)(C)C)CC4)cc(=O)[nH]c3c12. The second-order valence-corrected chi connectivity index (χ2v) is 10.0. The van der Waals surface area contributed by atoms with Crippen molar-refractivity contribution in [3.8, 4) is 0 Å². The van der Waals surface area contributed by atoms with Crippen LogP contribution in [-0.4, -0.2) is 56.4 Å². The lowest BCUT2D eigenvalue weighted by Crippen LogP contribution is -2.41. The maximum Gasteiger partial charge on any atom is 0.410 e. The molecule has 10 heteroatoms. The Labute approximate surface area is 197 Å². The molecule has 0 unspecified atom stereocenters. The lowest BCUT2D eigenvalue weighted by atomic mass is 9.93. The van der Waals surface area contributed by atoms with Crippen LogP contribution in [-0.2, 0) is 4.74 Å². The fraction of sp³-hybridized carbons (Fsp3) is 0.500. The summed E-state index contributed by atoms with van der Waals surface area (Å²) in [4.78, 5) is 42.0. The van der Waals surface area contributed by atoms with Crippen molar-refractivity contribution in [2.75, 3.05) is 18.4 Å². The Bertz CT molecular complexity index is 1280. The first-order valence-electron chi connectivity index (χ1n) is 11.6. The van der Waals surface area contributed by atoms with E-state index < -0.39 is 5.60 Å². The van der Waals surface area contributed by atoms with Crippen LogP contribution >= 0.6 is 0 Å². The van der Waals surface area contributed by atoms with Crippen LogP contribution in [0.2, 0.25) is 0 Å². The van der Waals surface area contributed by atoms with Crippen LogP contribution in [0.1, 0.15) is 59.1 Å². The summed E-state index contributed by atoms with van der Waals surface area (Å²) >= 11 is 0. The summed E-state index contributed by atoms with van der Waals surface area (Å²) in [6.07, 6.45) is 1.06. The molecule has 1 aliphatic rings. The number of nitrogens with one attached hydrogen (secondary N) is 3. The van der Waals surface area contributed by atoms with Crippen molar-refractivity contribution in [2.45, 2.75) is 65.0 Å². The number of hydrogen-bond donors (Lipinski definition) is 3. The van der Waals surface area contributed by atoms with Crippen molar-refractivity contribution >= 4 is 34.4 Å². The van der Waals surface area contributed by atoms with E-state index in [9.17, 15) is 14.4 Å². The molecule has 34 heavy (non-hydrogen) atoms. The molecule has 3 heterocycles. The number of ether oxygens (including phenoxy) is 1. The van der Waals surface area contributed by atoms with Gasteiger partial charge in [-0.25, -0.2) is 14.1 Å². The quantitative estimate of drug-likeness (QED) is 0.540. The van der Waals surface area contributed by atoms with Crippen LogP contribution in [0.3, 0.4) is 0 Å². The van der Waals surface area contributed by atoms with Crippen molar-refractivity contribution in [1.82, 2.24) is 24.8 Å². The second-order valence-electron chi connectivity index (χ2n) is 10.0. The number of rotatable bonds is 3. The van der Waals surface area contributed by atoms with Gasteiger partial charge in [0.1, 0.15) is 11.2 Å². The van der Waals surface area contributed by atoms with Gasteiger partial charge in [-0.3, -0.25) is 4.79 Å². The molecule has 0 atom stereocenters. The standard InChI is InChI=1S/C24H32N6O4/c1-14(2)25-22(32)26-16-7-6-8-17-20(16)21-27-19(31)13-18(30(21)28-17)15-9-11-29(12-10-15)23(33)34-24(3,4)5/h6-8,13-15H,9-12H2,1-5H3,(H,27,31)(H2,25,26,32). The molecule has 0 bridgehead atoms. The van der Waals surface area contributed by atoms with Gasteiger partial charge in [-0.2, -0.15) is 5.10 Å². The van der Waals surface area contributed by atoms with Crippen molar-refractivity contribution in [2.24, 2.45) is 0 Å². The number of H-pyrrole nitrogens is 1. The molecule has 4 rings (SSSR count). The first-order valence-corrected chi connectivity index (χ1v) is 11.6. The number of fused-ring (bicyclic) bond motifs is 3. The smallest absolute Gasteiger partial charge is 0.410 e. The largest absolute Gasteiger partial charge is 0.444 e. The Morgan fingerprint density at radius 3 is 2.56 bits per heavy atom. The van der Waals surface area contributed by atoms with E-state index in [2.05, 4.69) is 15.6 Å². The molecule has 10 nitrogen and oxygen atoms in total. The zero-order valence-corrected chi connectivity index (χ0v) is 20.3. The number of aromatic nitrogens is 3. The third-order valence-electron chi connectivity index (χ3n) is 5.70. The zero-order valence-electron chi connectivity index (χ0n) is 20.3. The summed E-state index contributed by atoms with van der Waals surface area (Å²) in [6.45, 7) is 10.4. The number of nitrogens with zero attached hydrogens (tertiary/aromatic N) is 3. The van der Waals surface area contributed by atoms with E-state index in [1.807, 2.05) is 46.8 Å². The molecule has 0 saturated carbocycles. The summed E-state index contributed by atoms with van der Waals surface area (Å²) < 4.78 is 7.25. The predicted molar refractivity (Wildman–Crippen MR) is 130 cm³/mol. The monoisotopic (exact) mass is 468 g/mol. The van der Waals surface area contributed by atoms with Gasteiger partial charge in [0.15, 0.2) is 0 Å². The third kappa shape index (κ3) is 5.00. The molecule has 0 radical (unpaired) electrons. The van der Waals surface area contributed by atoms with E-state index in [1.54, 1.807) is 21.5 Å². The Morgan fingerprint density at radius 1 is 1.21 bits per heavy atom. The number of amides is 3. The van der Waals surface area contributed by atoms with Gasteiger partial charge in [0.25, 0.3) is 5.56 Å². The number of hydrogen-bond acceptors (Lipinski definition) is 5. The first kappa shape index (κ1) is 23.6. The highest BCUT2D eigenvalue weighted by Gasteiger charge is 2.29. The fourth-order valence-corrected chi connectivity index (χ4v) is 4.29. The number of piperidine rings is 1. The summed E-state index contributed by atoms with van der Waals surface area (Å²) in [7, 11) is 0. The maximum absolute atomic E-state index is 12.6. The number of benzene rings is 1. The first-order chi connectivity index (χ1) is 16.0. The molecule has 0 aliphatic carbocycles. The topological polar surface area (TPSA) is 121 Å². The molecular weight excluding hydrogens is 436 g/mol. The minimum Gasteiger partial charge on any atom is -0.444 e.